The fraction of sp³-hybridized carbons (Fsp3) is 0.238. The molecule has 1 aromatic heterocycles. The molecule has 0 saturated carbocycles. The van der Waals surface area contributed by atoms with E-state index in [9.17, 15) is 19.5 Å². The second kappa shape index (κ2) is 9.38. The van der Waals surface area contributed by atoms with Crippen LogP contribution in [-0.2, 0) is 16.1 Å². The monoisotopic (exact) mass is 411 g/mol. The number of carbonyl (C=O) groups excluding carboxylic acids is 1. The minimum Gasteiger partial charge on any atom is -0.480 e. The van der Waals surface area contributed by atoms with Crippen molar-refractivity contribution in [2.45, 2.75) is 19.0 Å². The first-order valence-electron chi connectivity index (χ1n) is 9.07. The molecule has 0 aliphatic carbocycles. The molecule has 8 heteroatoms. The topological polar surface area (TPSA) is 101 Å². The molecule has 0 bridgehead atoms. The predicted molar refractivity (Wildman–Crippen MR) is 114 cm³/mol. The standard InChI is InChI=1S/C21H21N3O4S/c1-29-12-11-18(21(27)28)22-19(25)13-24-20(26)10-9-17(23-24)16-8-4-6-14-5-2-3-7-15(14)16/h2-10,18H,11-13H2,1H3,(H,22,25)(H,27,28)/t18-/m1/s1. The first-order valence-corrected chi connectivity index (χ1v) is 10.5. The van der Waals surface area contributed by atoms with E-state index in [2.05, 4.69) is 10.4 Å². The molecule has 0 fully saturated rings. The Balaban J connectivity index is 1.85. The van der Waals surface area contributed by atoms with Gasteiger partial charge in [-0.15, -0.1) is 0 Å². The zero-order valence-corrected chi connectivity index (χ0v) is 16.7. The molecule has 0 spiro atoms. The Bertz CT molecular complexity index is 1090. The molecule has 150 valence electrons. The maximum absolute atomic E-state index is 12.3. The van der Waals surface area contributed by atoms with E-state index in [0.29, 0.717) is 17.9 Å². The van der Waals surface area contributed by atoms with E-state index in [4.69, 9.17) is 0 Å². The number of carboxylic acid groups (broad SMARTS) is 1. The molecule has 0 radical (unpaired) electrons. The quantitative estimate of drug-likeness (QED) is 0.590. The minimum absolute atomic E-state index is 0.306. The van der Waals surface area contributed by atoms with Crippen LogP contribution in [0, 0.1) is 0 Å². The van der Waals surface area contributed by atoms with Crippen molar-refractivity contribution in [3.63, 3.8) is 0 Å². The van der Waals surface area contributed by atoms with Crippen molar-refractivity contribution >= 4 is 34.4 Å². The number of amides is 1. The van der Waals surface area contributed by atoms with Gasteiger partial charge in [-0.3, -0.25) is 9.59 Å². The number of thioether (sulfide) groups is 1. The van der Waals surface area contributed by atoms with Gasteiger partial charge >= 0.3 is 5.97 Å². The van der Waals surface area contributed by atoms with Crippen LogP contribution in [0.3, 0.4) is 0 Å². The lowest BCUT2D eigenvalue weighted by Gasteiger charge is -2.14. The summed E-state index contributed by atoms with van der Waals surface area (Å²) < 4.78 is 1.06. The number of benzene rings is 2. The number of carboxylic acids is 1. The number of aromatic nitrogens is 2. The van der Waals surface area contributed by atoms with Crippen molar-refractivity contribution in [3.05, 3.63) is 65.0 Å². The number of rotatable bonds is 8. The highest BCUT2D eigenvalue weighted by Crippen LogP contribution is 2.26. The normalized spacial score (nSPS) is 11.9. The Kier molecular flexibility index (Phi) is 6.66. The maximum atomic E-state index is 12.3. The summed E-state index contributed by atoms with van der Waals surface area (Å²) in [5, 5.41) is 18.1. The number of fused-ring (bicyclic) bond motifs is 1. The van der Waals surface area contributed by atoms with Gasteiger partial charge in [-0.25, -0.2) is 9.48 Å². The number of aliphatic carboxylic acids is 1. The summed E-state index contributed by atoms with van der Waals surface area (Å²) in [5.74, 6) is -1.06. The molecule has 3 aromatic rings. The van der Waals surface area contributed by atoms with E-state index in [0.717, 1.165) is 21.0 Å². The summed E-state index contributed by atoms with van der Waals surface area (Å²) in [7, 11) is 0. The van der Waals surface area contributed by atoms with Gasteiger partial charge in [0, 0.05) is 11.6 Å². The van der Waals surface area contributed by atoms with Crippen molar-refractivity contribution in [2.75, 3.05) is 12.0 Å². The number of nitrogens with one attached hydrogen (secondary N) is 1. The van der Waals surface area contributed by atoms with Gasteiger partial charge in [-0.05, 0) is 35.3 Å². The Morgan fingerprint density at radius 1 is 1.14 bits per heavy atom. The minimum atomic E-state index is -1.10. The lowest BCUT2D eigenvalue weighted by Crippen LogP contribution is -2.44. The molecule has 1 amide bonds. The number of hydrogen-bond acceptors (Lipinski definition) is 5. The van der Waals surface area contributed by atoms with Crippen LogP contribution >= 0.6 is 11.8 Å². The highest BCUT2D eigenvalue weighted by Gasteiger charge is 2.20. The second-order valence-corrected chi connectivity index (χ2v) is 7.47. The molecule has 0 aliphatic heterocycles. The number of nitrogens with zero attached hydrogens (tertiary/aromatic N) is 2. The third kappa shape index (κ3) is 5.03. The lowest BCUT2D eigenvalue weighted by atomic mass is 10.0. The van der Waals surface area contributed by atoms with Crippen LogP contribution in [0.1, 0.15) is 6.42 Å². The van der Waals surface area contributed by atoms with Crippen LogP contribution in [0.5, 0.6) is 0 Å². The van der Waals surface area contributed by atoms with Crippen LogP contribution in [0.4, 0.5) is 0 Å². The Morgan fingerprint density at radius 2 is 1.90 bits per heavy atom. The maximum Gasteiger partial charge on any atom is 0.326 e. The first kappa shape index (κ1) is 20.6. The van der Waals surface area contributed by atoms with Crippen molar-refractivity contribution < 1.29 is 14.7 Å². The Hall–Kier alpha value is -3.13. The third-order valence-electron chi connectivity index (χ3n) is 4.47. The fourth-order valence-electron chi connectivity index (χ4n) is 3.02. The SMILES string of the molecule is CSCC[C@@H](NC(=O)Cn1nc(-c2cccc3ccccc23)ccc1=O)C(=O)O. The molecule has 3 rings (SSSR count). The molecule has 0 unspecified atom stereocenters. The number of hydrogen-bond donors (Lipinski definition) is 2. The summed E-state index contributed by atoms with van der Waals surface area (Å²) >= 11 is 1.50. The van der Waals surface area contributed by atoms with Crippen LogP contribution in [0.15, 0.2) is 59.4 Å². The zero-order valence-electron chi connectivity index (χ0n) is 15.9. The van der Waals surface area contributed by atoms with Gasteiger partial charge < -0.3 is 10.4 Å². The van der Waals surface area contributed by atoms with E-state index in [-0.39, 0.29) is 6.54 Å². The van der Waals surface area contributed by atoms with E-state index < -0.39 is 23.5 Å². The van der Waals surface area contributed by atoms with Crippen LogP contribution in [-0.4, -0.2) is 44.8 Å². The van der Waals surface area contributed by atoms with Gasteiger partial charge in [0.05, 0.1) is 5.69 Å². The van der Waals surface area contributed by atoms with Crippen molar-refractivity contribution in [1.29, 1.82) is 0 Å². The van der Waals surface area contributed by atoms with E-state index >= 15 is 0 Å². The van der Waals surface area contributed by atoms with Gasteiger partial charge in [-0.2, -0.15) is 16.9 Å². The molecule has 7 nitrogen and oxygen atoms in total. The molecular formula is C21H21N3O4S. The van der Waals surface area contributed by atoms with Gasteiger partial charge in [-0.1, -0.05) is 42.5 Å². The zero-order chi connectivity index (χ0) is 20.8. The predicted octanol–water partition coefficient (Wildman–Crippen LogP) is 2.39. The van der Waals surface area contributed by atoms with Gasteiger partial charge in [0.2, 0.25) is 5.91 Å². The summed E-state index contributed by atoms with van der Waals surface area (Å²) in [4.78, 5) is 35.8. The lowest BCUT2D eigenvalue weighted by molar-refractivity contribution is -0.142. The highest BCUT2D eigenvalue weighted by atomic mass is 32.2. The third-order valence-corrected chi connectivity index (χ3v) is 5.11. The smallest absolute Gasteiger partial charge is 0.326 e. The molecule has 0 saturated heterocycles. The van der Waals surface area contributed by atoms with E-state index in [1.54, 1.807) is 6.07 Å². The molecule has 0 aliphatic rings. The Morgan fingerprint density at radius 3 is 2.66 bits per heavy atom. The van der Waals surface area contributed by atoms with Crippen LogP contribution in [0.2, 0.25) is 0 Å². The molecule has 2 aromatic carbocycles. The van der Waals surface area contributed by atoms with Crippen LogP contribution in [0.25, 0.3) is 22.0 Å². The first-order chi connectivity index (χ1) is 14.0. The molecule has 2 N–H and O–H groups in total. The van der Waals surface area contributed by atoms with E-state index in [1.165, 1.54) is 17.8 Å². The average molecular weight is 411 g/mol. The van der Waals surface area contributed by atoms with Gasteiger partial charge in [0.1, 0.15) is 12.6 Å². The largest absolute Gasteiger partial charge is 0.480 e. The number of carbonyl (C=O) groups is 2. The summed E-state index contributed by atoms with van der Waals surface area (Å²) in [6.45, 7) is -0.347. The summed E-state index contributed by atoms with van der Waals surface area (Å²) in [6.07, 6.45) is 2.17. The van der Waals surface area contributed by atoms with Crippen molar-refractivity contribution in [1.82, 2.24) is 15.1 Å². The van der Waals surface area contributed by atoms with Crippen LogP contribution < -0.4 is 10.9 Å². The Labute approximate surface area is 171 Å². The van der Waals surface area contributed by atoms with Crippen molar-refractivity contribution in [2.24, 2.45) is 0 Å². The van der Waals surface area contributed by atoms with Gasteiger partial charge in [0.15, 0.2) is 0 Å². The molecule has 1 atom stereocenters. The summed E-state index contributed by atoms with van der Waals surface area (Å²) in [5.41, 5.74) is 0.979. The van der Waals surface area contributed by atoms with Crippen molar-refractivity contribution in [3.8, 4) is 11.3 Å². The second-order valence-electron chi connectivity index (χ2n) is 6.48. The molecule has 1 heterocycles. The molecule has 29 heavy (non-hydrogen) atoms. The van der Waals surface area contributed by atoms with Gasteiger partial charge in [0.25, 0.3) is 5.56 Å². The van der Waals surface area contributed by atoms with E-state index in [1.807, 2.05) is 48.7 Å². The molecular weight excluding hydrogens is 390 g/mol. The highest BCUT2D eigenvalue weighted by molar-refractivity contribution is 7.98. The summed E-state index contributed by atoms with van der Waals surface area (Å²) in [6, 6.07) is 15.6. The average Bonchev–Trinajstić information content (AvgIpc) is 2.72. The fourth-order valence-corrected chi connectivity index (χ4v) is 3.50.